The van der Waals surface area contributed by atoms with Gasteiger partial charge in [0, 0.05) is 5.41 Å². The Hall–Kier alpha value is -1.03. The summed E-state index contributed by atoms with van der Waals surface area (Å²) in [5.74, 6) is 0. The van der Waals surface area contributed by atoms with Crippen molar-refractivity contribution in [2.24, 2.45) is 5.41 Å². The van der Waals surface area contributed by atoms with E-state index >= 15 is 0 Å². The summed E-state index contributed by atoms with van der Waals surface area (Å²) in [6.45, 7) is 2.63. The number of alkyl halides is 3. The first-order valence-electron chi connectivity index (χ1n) is 5.17. The molecule has 0 saturated carbocycles. The highest BCUT2D eigenvalue weighted by Gasteiger charge is 2.34. The van der Waals surface area contributed by atoms with Crippen LogP contribution in [0.3, 0.4) is 0 Å². The fourth-order valence-electron chi connectivity index (χ4n) is 1.57. The predicted molar refractivity (Wildman–Crippen MR) is 54.9 cm³/mol. The zero-order chi connectivity index (χ0) is 11.8. The van der Waals surface area contributed by atoms with Crippen molar-refractivity contribution in [3.8, 4) is 0 Å². The zero-order valence-corrected chi connectivity index (χ0v) is 8.92. The first-order valence-corrected chi connectivity index (χ1v) is 5.17. The molecule has 1 fully saturated rings. The number of hydrogen-bond donors (Lipinski definition) is 0. The molecule has 1 aliphatic heterocycles. The summed E-state index contributed by atoms with van der Waals surface area (Å²) in [6.07, 6.45) is 4.15. The molecule has 16 heavy (non-hydrogen) atoms. The molecule has 0 amide bonds. The Kier molecular flexibility index (Phi) is 2.70. The maximum atomic E-state index is 12.4. The Morgan fingerprint density at radius 1 is 1.50 bits per heavy atom. The van der Waals surface area contributed by atoms with Crippen molar-refractivity contribution in [3.63, 3.8) is 0 Å². The molecule has 1 nitrogen and oxygen atoms in total. The lowest BCUT2D eigenvalue weighted by molar-refractivity contribution is -0.0888. The fraction of sp³-hybridized carbons (Fsp3) is 0.500. The van der Waals surface area contributed by atoms with Crippen LogP contribution in [-0.2, 0) is 4.74 Å². The average Bonchev–Trinajstić information content (AvgIpc) is 2.97. The molecule has 2 atom stereocenters. The lowest BCUT2D eigenvalue weighted by Crippen LogP contribution is -2.18. The van der Waals surface area contributed by atoms with Gasteiger partial charge >= 0.3 is 6.18 Å². The summed E-state index contributed by atoms with van der Waals surface area (Å²) in [4.78, 5) is 0. The van der Waals surface area contributed by atoms with E-state index in [1.807, 2.05) is 19.1 Å². The minimum absolute atomic E-state index is 0.165. The molecular weight excluding hydrogens is 217 g/mol. The molecule has 0 aromatic heterocycles. The van der Waals surface area contributed by atoms with Gasteiger partial charge in [-0.15, -0.1) is 0 Å². The summed E-state index contributed by atoms with van der Waals surface area (Å²) in [7, 11) is 0. The fourth-order valence-corrected chi connectivity index (χ4v) is 1.57. The van der Waals surface area contributed by atoms with Crippen molar-refractivity contribution in [2.75, 3.05) is 6.61 Å². The Morgan fingerprint density at radius 3 is 2.62 bits per heavy atom. The highest BCUT2D eigenvalue weighted by atomic mass is 19.4. The van der Waals surface area contributed by atoms with Gasteiger partial charge in [-0.3, -0.25) is 0 Å². The number of rotatable bonds is 2. The van der Waals surface area contributed by atoms with Crippen LogP contribution in [0.2, 0.25) is 0 Å². The second kappa shape index (κ2) is 3.77. The first-order chi connectivity index (χ1) is 7.39. The predicted octanol–water partition coefficient (Wildman–Crippen LogP) is 3.40. The second-order valence-electron chi connectivity index (χ2n) is 4.43. The normalized spacial score (nSPS) is 34.2. The summed E-state index contributed by atoms with van der Waals surface area (Å²) < 4.78 is 42.1. The lowest BCUT2D eigenvalue weighted by atomic mass is 9.81. The van der Waals surface area contributed by atoms with Crippen LogP contribution in [0.5, 0.6) is 0 Å². The molecule has 4 heteroatoms. The van der Waals surface area contributed by atoms with Crippen molar-refractivity contribution < 1.29 is 17.9 Å². The molecule has 2 rings (SSSR count). The van der Waals surface area contributed by atoms with Gasteiger partial charge in [0.25, 0.3) is 0 Å². The number of halogens is 3. The SMILES string of the molecule is CC1(/C=C/C2CO2)C=CC(C(F)(F)F)=CC1. The van der Waals surface area contributed by atoms with Crippen molar-refractivity contribution >= 4 is 0 Å². The van der Waals surface area contributed by atoms with Gasteiger partial charge in [0.2, 0.25) is 0 Å². The summed E-state index contributed by atoms with van der Waals surface area (Å²) in [5.41, 5.74) is -0.873. The molecule has 0 bridgehead atoms. The molecule has 0 aromatic rings. The van der Waals surface area contributed by atoms with E-state index in [1.54, 1.807) is 6.08 Å². The van der Waals surface area contributed by atoms with Crippen molar-refractivity contribution in [2.45, 2.75) is 25.6 Å². The third-order valence-corrected chi connectivity index (χ3v) is 2.78. The minimum atomic E-state index is -4.23. The highest BCUT2D eigenvalue weighted by molar-refractivity contribution is 5.32. The zero-order valence-electron chi connectivity index (χ0n) is 8.92. The number of ether oxygens (including phenoxy) is 1. The van der Waals surface area contributed by atoms with Gasteiger partial charge in [-0.25, -0.2) is 0 Å². The van der Waals surface area contributed by atoms with E-state index < -0.39 is 11.7 Å². The minimum Gasteiger partial charge on any atom is -0.369 e. The Morgan fingerprint density at radius 2 is 2.19 bits per heavy atom. The van der Waals surface area contributed by atoms with Crippen LogP contribution in [0.25, 0.3) is 0 Å². The van der Waals surface area contributed by atoms with Gasteiger partial charge in [-0.05, 0) is 6.42 Å². The van der Waals surface area contributed by atoms with Crippen LogP contribution < -0.4 is 0 Å². The van der Waals surface area contributed by atoms with Gasteiger partial charge in [-0.1, -0.05) is 37.3 Å². The van der Waals surface area contributed by atoms with Gasteiger partial charge in [0.1, 0.15) is 0 Å². The molecule has 1 heterocycles. The van der Waals surface area contributed by atoms with E-state index in [-0.39, 0.29) is 11.5 Å². The van der Waals surface area contributed by atoms with E-state index in [1.165, 1.54) is 6.08 Å². The van der Waals surface area contributed by atoms with Crippen LogP contribution in [-0.4, -0.2) is 18.9 Å². The third-order valence-electron chi connectivity index (χ3n) is 2.78. The van der Waals surface area contributed by atoms with Crippen molar-refractivity contribution in [1.29, 1.82) is 0 Å². The second-order valence-corrected chi connectivity index (χ2v) is 4.43. The van der Waals surface area contributed by atoms with Gasteiger partial charge in [0.15, 0.2) is 0 Å². The standard InChI is InChI=1S/C12H13F3O/c1-11(7-4-10-8-16-10)5-2-9(3-6-11)12(13,14)15/h2-5,7,10H,6,8H2,1H3/b7-4+. The van der Waals surface area contributed by atoms with Crippen molar-refractivity contribution in [3.05, 3.63) is 36.0 Å². The monoisotopic (exact) mass is 230 g/mol. The molecule has 1 aliphatic carbocycles. The van der Waals surface area contributed by atoms with E-state index in [9.17, 15) is 13.2 Å². The third kappa shape index (κ3) is 2.76. The Labute approximate surface area is 92.3 Å². The van der Waals surface area contributed by atoms with Crippen molar-refractivity contribution in [1.82, 2.24) is 0 Å². The maximum absolute atomic E-state index is 12.4. The van der Waals surface area contributed by atoms with E-state index in [2.05, 4.69) is 0 Å². The lowest BCUT2D eigenvalue weighted by Gasteiger charge is -2.25. The van der Waals surface area contributed by atoms with Gasteiger partial charge < -0.3 is 4.74 Å². The van der Waals surface area contributed by atoms with E-state index in [4.69, 9.17) is 4.74 Å². The Balaban J connectivity index is 2.03. The highest BCUT2D eigenvalue weighted by Crippen LogP contribution is 2.37. The maximum Gasteiger partial charge on any atom is 0.416 e. The topological polar surface area (TPSA) is 12.5 Å². The molecule has 2 unspecified atom stereocenters. The largest absolute Gasteiger partial charge is 0.416 e. The summed E-state index contributed by atoms with van der Waals surface area (Å²) in [5, 5.41) is 0. The number of epoxide rings is 1. The first kappa shape index (κ1) is 11.5. The van der Waals surface area contributed by atoms with E-state index in [0.717, 1.165) is 12.7 Å². The molecule has 0 aromatic carbocycles. The molecule has 0 spiro atoms. The quantitative estimate of drug-likeness (QED) is 0.523. The van der Waals surface area contributed by atoms with Crippen LogP contribution >= 0.6 is 0 Å². The molecule has 2 aliphatic rings. The number of allylic oxidation sites excluding steroid dienone is 5. The van der Waals surface area contributed by atoms with E-state index in [0.29, 0.717) is 6.42 Å². The van der Waals surface area contributed by atoms with Gasteiger partial charge in [0.05, 0.1) is 18.3 Å². The molecule has 88 valence electrons. The molecule has 0 N–H and O–H groups in total. The number of hydrogen-bond acceptors (Lipinski definition) is 1. The van der Waals surface area contributed by atoms with Gasteiger partial charge in [-0.2, -0.15) is 13.2 Å². The van der Waals surface area contributed by atoms with Crippen LogP contribution in [0.4, 0.5) is 13.2 Å². The summed E-state index contributed by atoms with van der Waals surface area (Å²) in [6, 6.07) is 0. The molecule has 0 radical (unpaired) electrons. The van der Waals surface area contributed by atoms with Crippen LogP contribution in [0.15, 0.2) is 36.0 Å². The summed E-state index contributed by atoms with van der Waals surface area (Å²) >= 11 is 0. The Bertz CT molecular complexity index is 361. The average molecular weight is 230 g/mol. The van der Waals surface area contributed by atoms with Crippen LogP contribution in [0, 0.1) is 5.41 Å². The molecular formula is C12H13F3O. The van der Waals surface area contributed by atoms with Crippen LogP contribution in [0.1, 0.15) is 13.3 Å². The molecule has 1 saturated heterocycles. The smallest absolute Gasteiger partial charge is 0.369 e.